The predicted molar refractivity (Wildman–Crippen MR) is 62.3 cm³/mol. The second-order valence-electron chi connectivity index (χ2n) is 4.01. The Morgan fingerprint density at radius 1 is 1.06 bits per heavy atom. The largest absolute Gasteiger partial charge is 0.371 e. The zero-order valence-corrected chi connectivity index (χ0v) is 10.6. The molecule has 0 aromatic rings. The van der Waals surface area contributed by atoms with E-state index >= 15 is 0 Å². The number of nitrogens with zero attached hydrogens (tertiary/aromatic N) is 2. The van der Waals surface area contributed by atoms with Crippen molar-refractivity contribution in [3.8, 4) is 0 Å². The lowest BCUT2D eigenvalue weighted by molar-refractivity contribution is -0.0138. The molecule has 1 heterocycles. The van der Waals surface area contributed by atoms with Crippen LogP contribution in [0.3, 0.4) is 0 Å². The first-order valence-corrected chi connectivity index (χ1v) is 7.20. The average molecular weight is 268 g/mol. The zero-order valence-electron chi connectivity index (χ0n) is 9.79. The molecule has 0 amide bonds. The van der Waals surface area contributed by atoms with Crippen LogP contribution in [0, 0.1) is 0 Å². The number of hydrogen-bond acceptors (Lipinski definition) is 6. The average Bonchev–Trinajstić information content (AvgIpc) is 2.27. The minimum absolute atomic E-state index is 0.208. The molecule has 1 aliphatic rings. The summed E-state index contributed by atoms with van der Waals surface area (Å²) < 4.78 is 34.7. The molecule has 17 heavy (non-hydrogen) atoms. The summed E-state index contributed by atoms with van der Waals surface area (Å²) in [5.74, 6) is -0.208. The molecule has 0 unspecified atom stereocenters. The molecule has 0 saturated carbocycles. The van der Waals surface area contributed by atoms with Gasteiger partial charge in [-0.05, 0) is 0 Å². The van der Waals surface area contributed by atoms with Gasteiger partial charge in [0.2, 0.25) is 0 Å². The van der Waals surface area contributed by atoms with E-state index in [9.17, 15) is 8.42 Å². The second kappa shape index (κ2) is 7.24. The van der Waals surface area contributed by atoms with E-state index in [-0.39, 0.29) is 12.5 Å². The number of ether oxygens (including phenoxy) is 1. The molecule has 0 aliphatic carbocycles. The van der Waals surface area contributed by atoms with Crippen LogP contribution in [0.4, 0.5) is 0 Å². The van der Waals surface area contributed by atoms with Crippen molar-refractivity contribution in [1.82, 2.24) is 9.80 Å². The van der Waals surface area contributed by atoms with Gasteiger partial charge in [-0.1, -0.05) is 0 Å². The summed E-state index contributed by atoms with van der Waals surface area (Å²) >= 11 is 0. The highest BCUT2D eigenvalue weighted by atomic mass is 32.2. The Bertz CT molecular complexity index is 301. The van der Waals surface area contributed by atoms with E-state index in [0.29, 0.717) is 13.2 Å². The molecule has 1 rings (SSSR count). The molecule has 1 aliphatic heterocycles. The van der Waals surface area contributed by atoms with E-state index in [1.165, 1.54) is 0 Å². The van der Waals surface area contributed by atoms with Crippen molar-refractivity contribution in [1.29, 1.82) is 0 Å². The van der Waals surface area contributed by atoms with E-state index < -0.39 is 10.1 Å². The minimum atomic E-state index is -3.86. The summed E-state index contributed by atoms with van der Waals surface area (Å²) in [6, 6.07) is 0. The monoisotopic (exact) mass is 268 g/mol. The first-order chi connectivity index (χ1) is 8.01. The van der Waals surface area contributed by atoms with Crippen molar-refractivity contribution in [3.05, 3.63) is 0 Å². The predicted octanol–water partition coefficient (Wildman–Crippen LogP) is -1.54. The van der Waals surface area contributed by atoms with E-state index in [2.05, 4.69) is 4.90 Å². The maximum Gasteiger partial charge on any atom is 0.266 e. The fourth-order valence-electron chi connectivity index (χ4n) is 1.74. The first-order valence-electron chi connectivity index (χ1n) is 5.60. The topological polar surface area (TPSA) is 90.3 Å². The Kier molecular flexibility index (Phi) is 6.31. The zero-order chi connectivity index (χ0) is 12.7. The molecule has 0 bridgehead atoms. The molecule has 1 saturated heterocycles. The standard InChI is InChI=1S/C9H20N2O5S/c12-9-16-7-5-10-1-3-11(4-2-10)6-8-17(13,14)15/h12H,1-9H2,(H,13,14,15). The number of aliphatic hydroxyl groups is 1. The summed E-state index contributed by atoms with van der Waals surface area (Å²) in [6.07, 6.45) is 0. The van der Waals surface area contributed by atoms with Crippen LogP contribution in [0.25, 0.3) is 0 Å². The lowest BCUT2D eigenvalue weighted by Crippen LogP contribution is -2.48. The number of hydrogen-bond donors (Lipinski definition) is 2. The Morgan fingerprint density at radius 3 is 2.06 bits per heavy atom. The lowest BCUT2D eigenvalue weighted by atomic mass is 10.3. The second-order valence-corrected chi connectivity index (χ2v) is 5.58. The first kappa shape index (κ1) is 14.8. The molecule has 1 fully saturated rings. The third-order valence-electron chi connectivity index (χ3n) is 2.77. The number of aliphatic hydroxyl groups excluding tert-OH is 1. The van der Waals surface area contributed by atoms with Crippen LogP contribution >= 0.6 is 0 Å². The van der Waals surface area contributed by atoms with E-state index in [0.717, 1.165) is 32.7 Å². The highest BCUT2D eigenvalue weighted by molar-refractivity contribution is 7.85. The molecule has 102 valence electrons. The van der Waals surface area contributed by atoms with Crippen molar-refractivity contribution in [2.75, 3.05) is 58.4 Å². The van der Waals surface area contributed by atoms with Crippen molar-refractivity contribution in [2.24, 2.45) is 0 Å². The lowest BCUT2D eigenvalue weighted by Gasteiger charge is -2.34. The van der Waals surface area contributed by atoms with Crippen LogP contribution in [0.5, 0.6) is 0 Å². The Labute approximate surface area is 102 Å². The molecule has 0 radical (unpaired) electrons. The maximum absolute atomic E-state index is 10.6. The fourth-order valence-corrected chi connectivity index (χ4v) is 2.23. The fraction of sp³-hybridized carbons (Fsp3) is 1.00. The summed E-state index contributed by atoms with van der Waals surface area (Å²) in [7, 11) is -3.86. The SMILES string of the molecule is O=S(=O)(O)CCN1CCN(CCOCO)CC1. The van der Waals surface area contributed by atoms with Crippen LogP contribution < -0.4 is 0 Å². The van der Waals surface area contributed by atoms with Crippen LogP contribution in [0.1, 0.15) is 0 Å². The van der Waals surface area contributed by atoms with Crippen LogP contribution in [-0.2, 0) is 14.9 Å². The summed E-state index contributed by atoms with van der Waals surface area (Å²) in [5.41, 5.74) is 0. The van der Waals surface area contributed by atoms with Crippen LogP contribution in [-0.4, -0.2) is 86.3 Å². The third kappa shape index (κ3) is 6.92. The van der Waals surface area contributed by atoms with Gasteiger partial charge < -0.3 is 9.84 Å². The summed E-state index contributed by atoms with van der Waals surface area (Å²) in [4.78, 5) is 4.21. The Hall–Kier alpha value is -0.250. The quantitative estimate of drug-likeness (QED) is 0.328. The van der Waals surface area contributed by atoms with Crippen molar-refractivity contribution in [2.45, 2.75) is 0 Å². The van der Waals surface area contributed by atoms with Gasteiger partial charge >= 0.3 is 0 Å². The van der Waals surface area contributed by atoms with Crippen LogP contribution in [0.15, 0.2) is 0 Å². The van der Waals surface area contributed by atoms with Gasteiger partial charge in [0.05, 0.1) is 12.4 Å². The molecule has 0 spiro atoms. The van der Waals surface area contributed by atoms with Crippen molar-refractivity contribution < 1.29 is 22.8 Å². The normalized spacial score (nSPS) is 19.6. The molecular formula is C9H20N2O5S. The van der Waals surface area contributed by atoms with Crippen molar-refractivity contribution >= 4 is 10.1 Å². The van der Waals surface area contributed by atoms with Gasteiger partial charge in [0.1, 0.15) is 6.79 Å². The van der Waals surface area contributed by atoms with E-state index in [1.807, 2.05) is 4.90 Å². The number of piperazine rings is 1. The van der Waals surface area contributed by atoms with E-state index in [1.54, 1.807) is 0 Å². The molecule has 0 atom stereocenters. The molecule has 8 heteroatoms. The van der Waals surface area contributed by atoms with Gasteiger partial charge in [0.15, 0.2) is 0 Å². The maximum atomic E-state index is 10.6. The van der Waals surface area contributed by atoms with Gasteiger partial charge in [-0.2, -0.15) is 8.42 Å². The third-order valence-corrected chi connectivity index (χ3v) is 3.47. The number of rotatable bonds is 7. The van der Waals surface area contributed by atoms with E-state index in [4.69, 9.17) is 14.4 Å². The Balaban J connectivity index is 2.13. The van der Waals surface area contributed by atoms with Gasteiger partial charge in [0, 0.05) is 39.3 Å². The molecular weight excluding hydrogens is 248 g/mol. The van der Waals surface area contributed by atoms with Crippen molar-refractivity contribution in [3.63, 3.8) is 0 Å². The Morgan fingerprint density at radius 2 is 1.59 bits per heavy atom. The molecule has 0 aromatic carbocycles. The van der Waals surface area contributed by atoms with Gasteiger partial charge in [-0.3, -0.25) is 14.4 Å². The van der Waals surface area contributed by atoms with Gasteiger partial charge in [-0.15, -0.1) is 0 Å². The molecule has 2 N–H and O–H groups in total. The minimum Gasteiger partial charge on any atom is -0.371 e. The highest BCUT2D eigenvalue weighted by Crippen LogP contribution is 2.01. The molecule has 0 aromatic heterocycles. The molecule has 7 nitrogen and oxygen atoms in total. The van der Waals surface area contributed by atoms with Crippen LogP contribution in [0.2, 0.25) is 0 Å². The summed E-state index contributed by atoms with van der Waals surface area (Å²) in [5, 5.41) is 8.45. The highest BCUT2D eigenvalue weighted by Gasteiger charge is 2.17. The van der Waals surface area contributed by atoms with Gasteiger partial charge in [-0.25, -0.2) is 0 Å². The smallest absolute Gasteiger partial charge is 0.266 e. The summed E-state index contributed by atoms with van der Waals surface area (Å²) in [6.45, 7) is 4.66. The van der Waals surface area contributed by atoms with Gasteiger partial charge in [0.25, 0.3) is 10.1 Å².